The standard InChI is InChI=1S/C27H25ClF2N2O4S/c1-27(34)16-4-5-17(27)10-19(9-16)37(35,36)25-13-21(20(12-22(25)28)15-3-2-8-31-14-15)26(33)32-18-6-7-23(29)24(30)11-18/h2-3,6-8,11-14,16-17,19,34H,4-5,9-10H2,1H3,(H,32,33)/t16-,17?,19?,27-/m0/s1. The highest BCUT2D eigenvalue weighted by Crippen LogP contribution is 2.52. The highest BCUT2D eigenvalue weighted by atomic mass is 35.5. The minimum Gasteiger partial charge on any atom is -0.390 e. The van der Waals surface area contributed by atoms with Crippen LogP contribution < -0.4 is 5.32 Å². The summed E-state index contributed by atoms with van der Waals surface area (Å²) in [6.45, 7) is 1.77. The summed E-state index contributed by atoms with van der Waals surface area (Å²) in [6.07, 6.45) is 5.21. The van der Waals surface area contributed by atoms with E-state index in [1.165, 1.54) is 24.4 Å². The number of hydrogen-bond donors (Lipinski definition) is 2. The number of benzene rings is 2. The number of amides is 1. The van der Waals surface area contributed by atoms with Gasteiger partial charge in [0, 0.05) is 35.3 Å². The maximum Gasteiger partial charge on any atom is 0.256 e. The molecule has 0 spiro atoms. The van der Waals surface area contributed by atoms with Gasteiger partial charge in [-0.25, -0.2) is 17.2 Å². The number of aliphatic hydroxyl groups is 1. The van der Waals surface area contributed by atoms with Gasteiger partial charge in [-0.1, -0.05) is 17.7 Å². The Morgan fingerprint density at radius 1 is 1.11 bits per heavy atom. The number of halogens is 3. The molecule has 0 saturated heterocycles. The van der Waals surface area contributed by atoms with Crippen LogP contribution in [0.1, 0.15) is 43.0 Å². The second-order valence-electron chi connectivity index (χ2n) is 9.99. The van der Waals surface area contributed by atoms with E-state index in [0.29, 0.717) is 24.0 Å². The third kappa shape index (κ3) is 4.64. The highest BCUT2D eigenvalue weighted by Gasteiger charge is 2.53. The average Bonchev–Trinajstić information content (AvgIpc) is 3.02. The van der Waals surface area contributed by atoms with Crippen LogP contribution in [0.15, 0.2) is 59.8 Å². The predicted molar refractivity (Wildman–Crippen MR) is 136 cm³/mol. The number of sulfone groups is 1. The van der Waals surface area contributed by atoms with Crippen LogP contribution in [0.5, 0.6) is 0 Å². The molecule has 2 unspecified atom stereocenters. The average molecular weight is 547 g/mol. The van der Waals surface area contributed by atoms with Crippen LogP contribution in [0.2, 0.25) is 5.02 Å². The number of anilines is 1. The minimum absolute atomic E-state index is 0.00600. The van der Waals surface area contributed by atoms with Gasteiger partial charge in [-0.15, -0.1) is 0 Å². The van der Waals surface area contributed by atoms with Crippen LogP contribution in [-0.4, -0.2) is 35.3 Å². The Hall–Kier alpha value is -2.88. The zero-order valence-electron chi connectivity index (χ0n) is 19.9. The van der Waals surface area contributed by atoms with E-state index in [9.17, 15) is 27.1 Å². The Labute approximate surface area is 218 Å². The zero-order valence-corrected chi connectivity index (χ0v) is 21.5. The summed E-state index contributed by atoms with van der Waals surface area (Å²) in [5, 5.41) is 12.5. The van der Waals surface area contributed by atoms with E-state index in [4.69, 9.17) is 11.6 Å². The molecule has 2 N–H and O–H groups in total. The lowest BCUT2D eigenvalue weighted by atomic mass is 9.76. The number of fused-ring (bicyclic) bond motifs is 2. The van der Waals surface area contributed by atoms with E-state index in [1.807, 2.05) is 0 Å². The molecule has 1 aromatic heterocycles. The summed E-state index contributed by atoms with van der Waals surface area (Å²) in [5.74, 6) is -3.17. The van der Waals surface area contributed by atoms with Crippen LogP contribution in [0.25, 0.3) is 11.1 Å². The van der Waals surface area contributed by atoms with Crippen molar-refractivity contribution in [2.75, 3.05) is 5.32 Å². The van der Waals surface area contributed by atoms with Crippen LogP contribution in [0, 0.1) is 23.5 Å². The first-order valence-corrected chi connectivity index (χ1v) is 13.9. The molecule has 1 amide bonds. The third-order valence-electron chi connectivity index (χ3n) is 7.82. The van der Waals surface area contributed by atoms with Crippen molar-refractivity contribution in [3.8, 4) is 11.1 Å². The van der Waals surface area contributed by atoms with Crippen LogP contribution >= 0.6 is 11.6 Å². The fraction of sp³-hybridized carbons (Fsp3) is 0.333. The molecule has 2 aliphatic carbocycles. The molecule has 37 heavy (non-hydrogen) atoms. The maximum absolute atomic E-state index is 13.8. The molecule has 6 nitrogen and oxygen atoms in total. The van der Waals surface area contributed by atoms with E-state index < -0.39 is 38.2 Å². The molecule has 2 aromatic carbocycles. The lowest BCUT2D eigenvalue weighted by Gasteiger charge is -2.40. The van der Waals surface area contributed by atoms with Gasteiger partial charge in [0.25, 0.3) is 5.91 Å². The quantitative estimate of drug-likeness (QED) is 0.431. The zero-order chi connectivity index (χ0) is 26.5. The summed E-state index contributed by atoms with van der Waals surface area (Å²) in [6, 6.07) is 8.95. The van der Waals surface area contributed by atoms with Crippen molar-refractivity contribution in [3.05, 3.63) is 77.1 Å². The summed E-state index contributed by atoms with van der Waals surface area (Å²) >= 11 is 6.53. The predicted octanol–water partition coefficient (Wildman–Crippen LogP) is 5.65. The molecule has 10 heteroatoms. The Balaban J connectivity index is 1.57. The lowest BCUT2D eigenvalue weighted by Crippen LogP contribution is -2.45. The Morgan fingerprint density at radius 3 is 2.43 bits per heavy atom. The maximum atomic E-state index is 13.8. The fourth-order valence-corrected chi connectivity index (χ4v) is 8.12. The number of nitrogens with zero attached hydrogens (tertiary/aromatic N) is 1. The second kappa shape index (κ2) is 9.45. The molecule has 2 aliphatic rings. The Bertz CT molecular complexity index is 1470. The minimum atomic E-state index is -3.96. The van der Waals surface area contributed by atoms with E-state index in [1.54, 1.807) is 25.3 Å². The molecule has 194 valence electrons. The normalized spacial score (nSPS) is 25.2. The molecule has 2 saturated carbocycles. The summed E-state index contributed by atoms with van der Waals surface area (Å²) in [4.78, 5) is 17.2. The van der Waals surface area contributed by atoms with Crippen molar-refractivity contribution < 1.29 is 27.1 Å². The molecule has 3 aromatic rings. The number of hydrogen-bond acceptors (Lipinski definition) is 5. The van der Waals surface area contributed by atoms with Crippen molar-refractivity contribution in [3.63, 3.8) is 0 Å². The first kappa shape index (κ1) is 25.8. The highest BCUT2D eigenvalue weighted by molar-refractivity contribution is 7.92. The number of nitrogens with one attached hydrogen (secondary N) is 1. The monoisotopic (exact) mass is 546 g/mol. The molecule has 1 heterocycles. The molecule has 2 fully saturated rings. The van der Waals surface area contributed by atoms with Crippen molar-refractivity contribution in [2.24, 2.45) is 11.8 Å². The largest absolute Gasteiger partial charge is 0.390 e. The number of pyridine rings is 1. The van der Waals surface area contributed by atoms with E-state index in [-0.39, 0.29) is 33.0 Å². The van der Waals surface area contributed by atoms with Gasteiger partial charge in [-0.05, 0) is 80.3 Å². The summed E-state index contributed by atoms with van der Waals surface area (Å²) in [5.41, 5.74) is -0.0348. The number of aromatic nitrogens is 1. The number of carbonyl (C=O) groups excluding carboxylic acids is 1. The fourth-order valence-electron chi connectivity index (χ4n) is 5.69. The number of carbonyl (C=O) groups is 1. The van der Waals surface area contributed by atoms with Gasteiger partial charge in [-0.3, -0.25) is 9.78 Å². The molecule has 0 radical (unpaired) electrons. The van der Waals surface area contributed by atoms with Gasteiger partial charge in [0.05, 0.1) is 20.8 Å². The lowest BCUT2D eigenvalue weighted by molar-refractivity contribution is -0.0413. The van der Waals surface area contributed by atoms with Crippen molar-refractivity contribution in [2.45, 2.75) is 48.4 Å². The van der Waals surface area contributed by atoms with Crippen molar-refractivity contribution in [1.29, 1.82) is 0 Å². The smallest absolute Gasteiger partial charge is 0.256 e. The molecule has 0 aliphatic heterocycles. The third-order valence-corrected chi connectivity index (χ3v) is 10.5. The SMILES string of the molecule is C[C@@]1(O)C2CC[C@H]1CC(S(=O)(=O)c1cc(C(=O)Nc3ccc(F)c(F)c3)c(-c3cccnc3)cc1Cl)C2. The van der Waals surface area contributed by atoms with E-state index >= 15 is 0 Å². The van der Waals surface area contributed by atoms with Gasteiger partial charge in [0.2, 0.25) is 0 Å². The first-order chi connectivity index (χ1) is 17.5. The molecular weight excluding hydrogens is 522 g/mol. The van der Waals surface area contributed by atoms with Gasteiger partial charge >= 0.3 is 0 Å². The molecule has 2 bridgehead atoms. The van der Waals surface area contributed by atoms with E-state index in [0.717, 1.165) is 25.0 Å². The van der Waals surface area contributed by atoms with Crippen LogP contribution in [0.4, 0.5) is 14.5 Å². The van der Waals surface area contributed by atoms with Crippen molar-refractivity contribution in [1.82, 2.24) is 4.98 Å². The number of rotatable bonds is 5. The molecule has 5 rings (SSSR count). The van der Waals surface area contributed by atoms with Gasteiger partial charge in [0.1, 0.15) is 0 Å². The van der Waals surface area contributed by atoms with Crippen LogP contribution in [-0.2, 0) is 9.84 Å². The topological polar surface area (TPSA) is 96.4 Å². The Kier molecular flexibility index (Phi) is 6.58. The van der Waals surface area contributed by atoms with E-state index in [2.05, 4.69) is 10.3 Å². The van der Waals surface area contributed by atoms with Gasteiger partial charge in [-0.2, -0.15) is 0 Å². The van der Waals surface area contributed by atoms with Gasteiger partial charge < -0.3 is 10.4 Å². The Morgan fingerprint density at radius 2 is 1.81 bits per heavy atom. The summed E-state index contributed by atoms with van der Waals surface area (Å²) < 4.78 is 54.7. The summed E-state index contributed by atoms with van der Waals surface area (Å²) in [7, 11) is -3.96. The molecular formula is C27H25ClF2N2O4S. The van der Waals surface area contributed by atoms with Gasteiger partial charge in [0.15, 0.2) is 21.5 Å². The van der Waals surface area contributed by atoms with Crippen molar-refractivity contribution >= 4 is 33.0 Å². The second-order valence-corrected chi connectivity index (χ2v) is 12.6. The van der Waals surface area contributed by atoms with Crippen LogP contribution in [0.3, 0.4) is 0 Å². The molecule has 4 atom stereocenters. The first-order valence-electron chi connectivity index (χ1n) is 11.9.